The highest BCUT2D eigenvalue weighted by atomic mass is 28.1. The van der Waals surface area contributed by atoms with E-state index in [0.717, 1.165) is 0 Å². The van der Waals surface area contributed by atoms with Crippen LogP contribution >= 0.6 is 0 Å². The summed E-state index contributed by atoms with van der Waals surface area (Å²) in [5.74, 6) is 0. The van der Waals surface area contributed by atoms with E-state index in [1.54, 1.807) is 0 Å². The minimum atomic E-state index is -0.694. The second-order valence-corrected chi connectivity index (χ2v) is 1.37. The van der Waals surface area contributed by atoms with E-state index in [4.69, 9.17) is 9.90 Å². The average molecular weight is 104 g/mol. The van der Waals surface area contributed by atoms with Gasteiger partial charge in [0, 0.05) is 11.0 Å². The highest BCUT2D eigenvalue weighted by Gasteiger charge is 1.65. The van der Waals surface area contributed by atoms with E-state index in [0.29, 0.717) is 0 Å². The standard InChI is InChI=1S/CH4O2Si.Si/c2-1(3)4;/h4H3,(H,2,3);. The van der Waals surface area contributed by atoms with Crippen LogP contribution in [0.3, 0.4) is 0 Å². The summed E-state index contributed by atoms with van der Waals surface area (Å²) in [7, 11) is 0.265. The molecular formula is CH4O2Si2. The van der Waals surface area contributed by atoms with Crippen molar-refractivity contribution in [2.24, 2.45) is 0 Å². The maximum Gasteiger partial charge on any atom is 0.257 e. The molecule has 4 heteroatoms. The molecule has 0 amide bonds. The highest BCUT2D eigenvalue weighted by molar-refractivity contribution is 6.54. The lowest BCUT2D eigenvalue weighted by Crippen LogP contribution is -1.83. The molecule has 0 aliphatic rings. The predicted octanol–water partition coefficient (Wildman–Crippen LogP) is -1.35. The molecular weight excluding hydrogens is 100 g/mol. The van der Waals surface area contributed by atoms with Crippen LogP contribution in [0, 0.1) is 0 Å². The molecule has 28 valence electrons. The summed E-state index contributed by atoms with van der Waals surface area (Å²) in [4.78, 5) is 9.06. The molecule has 0 aromatic carbocycles. The van der Waals surface area contributed by atoms with Gasteiger partial charge in [0.25, 0.3) is 5.59 Å². The molecule has 0 spiro atoms. The molecule has 1 N–H and O–H groups in total. The van der Waals surface area contributed by atoms with E-state index < -0.39 is 5.59 Å². The third-order valence-electron chi connectivity index (χ3n) is 0. The monoisotopic (exact) mass is 104 g/mol. The summed E-state index contributed by atoms with van der Waals surface area (Å²) in [6.45, 7) is 0. The minimum Gasteiger partial charge on any atom is -0.486 e. The van der Waals surface area contributed by atoms with Gasteiger partial charge in [-0.3, -0.25) is 4.79 Å². The highest BCUT2D eigenvalue weighted by Crippen LogP contribution is 1.41. The first kappa shape index (κ1) is 8.86. The molecule has 0 rings (SSSR count). The molecule has 0 unspecified atom stereocenters. The van der Waals surface area contributed by atoms with Gasteiger partial charge in [0.1, 0.15) is 10.2 Å². The van der Waals surface area contributed by atoms with Crippen molar-refractivity contribution in [1.29, 1.82) is 0 Å². The zero-order chi connectivity index (χ0) is 3.58. The Kier molecular flexibility index (Phi) is 6.92. The van der Waals surface area contributed by atoms with Crippen molar-refractivity contribution >= 4 is 26.8 Å². The molecule has 0 aliphatic carbocycles. The van der Waals surface area contributed by atoms with Gasteiger partial charge >= 0.3 is 0 Å². The normalized spacial score (nSPS) is 5.60. The molecule has 0 aromatic rings. The minimum absolute atomic E-state index is 0. The first-order chi connectivity index (χ1) is 1.73. The van der Waals surface area contributed by atoms with Crippen molar-refractivity contribution in [1.82, 2.24) is 0 Å². The fourth-order valence-corrected chi connectivity index (χ4v) is 0. The van der Waals surface area contributed by atoms with Crippen LogP contribution in [0.5, 0.6) is 0 Å². The maximum atomic E-state index is 9.06. The largest absolute Gasteiger partial charge is 0.486 e. The van der Waals surface area contributed by atoms with Crippen molar-refractivity contribution in [2.45, 2.75) is 0 Å². The van der Waals surface area contributed by atoms with Crippen molar-refractivity contribution in [3.63, 3.8) is 0 Å². The van der Waals surface area contributed by atoms with Crippen LogP contribution in [0.2, 0.25) is 0 Å². The number of hydrogen-bond acceptors (Lipinski definition) is 1. The van der Waals surface area contributed by atoms with Crippen LogP contribution in [0.15, 0.2) is 0 Å². The summed E-state index contributed by atoms with van der Waals surface area (Å²) in [5, 5.41) is 7.48. The van der Waals surface area contributed by atoms with Gasteiger partial charge < -0.3 is 5.11 Å². The van der Waals surface area contributed by atoms with Gasteiger partial charge in [0.05, 0.1) is 0 Å². The summed E-state index contributed by atoms with van der Waals surface area (Å²) in [6.07, 6.45) is 0. The smallest absolute Gasteiger partial charge is 0.257 e. The number of carbonyl (C=O) groups is 1. The fourth-order valence-electron chi connectivity index (χ4n) is 0. The van der Waals surface area contributed by atoms with E-state index >= 15 is 0 Å². The summed E-state index contributed by atoms with van der Waals surface area (Å²) < 4.78 is 0. The number of hydrogen-bond donors (Lipinski definition) is 1. The van der Waals surface area contributed by atoms with Crippen LogP contribution in [-0.2, 0) is 0 Å². The lowest BCUT2D eigenvalue weighted by molar-refractivity contribution is 0.220. The van der Waals surface area contributed by atoms with E-state index in [-0.39, 0.29) is 21.2 Å². The molecule has 0 bridgehead atoms. The van der Waals surface area contributed by atoms with Crippen molar-refractivity contribution in [2.75, 3.05) is 0 Å². The van der Waals surface area contributed by atoms with Gasteiger partial charge in [-0.2, -0.15) is 0 Å². The Morgan fingerprint density at radius 2 is 1.80 bits per heavy atom. The van der Waals surface area contributed by atoms with Crippen LogP contribution in [-0.4, -0.2) is 31.9 Å². The molecule has 0 saturated carbocycles. The molecule has 0 heterocycles. The zero-order valence-corrected chi connectivity index (χ0v) is 5.86. The SMILES string of the molecule is O=C(O)[SiH3].[Si]. The quantitative estimate of drug-likeness (QED) is 0.386. The topological polar surface area (TPSA) is 37.3 Å². The Hall–Kier alpha value is -0.0962. The van der Waals surface area contributed by atoms with Crippen LogP contribution in [0.1, 0.15) is 0 Å². The lowest BCUT2D eigenvalue weighted by atomic mass is 11.6. The van der Waals surface area contributed by atoms with Gasteiger partial charge in [-0.25, -0.2) is 0 Å². The van der Waals surface area contributed by atoms with Gasteiger partial charge in [-0.15, -0.1) is 0 Å². The Morgan fingerprint density at radius 1 is 1.80 bits per heavy atom. The molecule has 0 aliphatic heterocycles. The third kappa shape index (κ3) is 1530. The average Bonchev–Trinajstić information content (AvgIpc) is 0.811. The predicted molar refractivity (Wildman–Crippen MR) is 23.7 cm³/mol. The number of carboxylic acid groups (broad SMARTS) is 1. The van der Waals surface area contributed by atoms with E-state index in [1.165, 1.54) is 0 Å². The summed E-state index contributed by atoms with van der Waals surface area (Å²) >= 11 is 0. The number of rotatable bonds is 0. The van der Waals surface area contributed by atoms with Crippen molar-refractivity contribution in [3.8, 4) is 0 Å². The molecule has 0 atom stereocenters. The Morgan fingerprint density at radius 3 is 1.80 bits per heavy atom. The zero-order valence-electron chi connectivity index (χ0n) is 2.86. The van der Waals surface area contributed by atoms with Crippen molar-refractivity contribution < 1.29 is 9.90 Å². The van der Waals surface area contributed by atoms with Gasteiger partial charge in [0.15, 0.2) is 0 Å². The first-order valence-electron chi connectivity index (χ1n) is 0.928. The lowest BCUT2D eigenvalue weighted by Gasteiger charge is -1.59. The molecule has 0 fully saturated rings. The van der Waals surface area contributed by atoms with Crippen LogP contribution in [0.4, 0.5) is 4.79 Å². The van der Waals surface area contributed by atoms with E-state index in [2.05, 4.69) is 0 Å². The molecule has 0 aromatic heterocycles. The Balaban J connectivity index is 0. The third-order valence-corrected chi connectivity index (χ3v) is 0. The maximum absolute atomic E-state index is 9.06. The van der Waals surface area contributed by atoms with E-state index in [1.807, 2.05) is 0 Å². The van der Waals surface area contributed by atoms with E-state index in [9.17, 15) is 0 Å². The van der Waals surface area contributed by atoms with Crippen LogP contribution in [0.25, 0.3) is 0 Å². The van der Waals surface area contributed by atoms with Gasteiger partial charge in [-0.1, -0.05) is 0 Å². The second kappa shape index (κ2) is 3.90. The molecule has 2 nitrogen and oxygen atoms in total. The van der Waals surface area contributed by atoms with Gasteiger partial charge in [0.2, 0.25) is 0 Å². The molecule has 4 radical (unpaired) electrons. The summed E-state index contributed by atoms with van der Waals surface area (Å²) in [6, 6.07) is 0. The molecule has 0 saturated heterocycles. The van der Waals surface area contributed by atoms with Crippen molar-refractivity contribution in [3.05, 3.63) is 0 Å². The summed E-state index contributed by atoms with van der Waals surface area (Å²) in [5.41, 5.74) is -0.694. The molecule has 5 heavy (non-hydrogen) atoms. The first-order valence-corrected chi connectivity index (χ1v) is 1.93. The second-order valence-electron chi connectivity index (χ2n) is 0.519. The van der Waals surface area contributed by atoms with Crippen LogP contribution < -0.4 is 0 Å². The Labute approximate surface area is 37.6 Å². The van der Waals surface area contributed by atoms with Gasteiger partial charge in [-0.05, 0) is 0 Å². The fraction of sp³-hybridized carbons (Fsp3) is 0. The Bertz CT molecular complexity index is 30.6.